The van der Waals surface area contributed by atoms with Gasteiger partial charge in [-0.25, -0.2) is 0 Å². The molecule has 18 heavy (non-hydrogen) atoms. The molecule has 1 unspecified atom stereocenters. The Labute approximate surface area is 121 Å². The molecule has 1 aliphatic rings. The third kappa shape index (κ3) is 2.87. The van der Waals surface area contributed by atoms with Gasteiger partial charge in [0.2, 0.25) is 0 Å². The van der Waals surface area contributed by atoms with Crippen molar-refractivity contribution in [3.8, 4) is 0 Å². The second kappa shape index (κ2) is 6.04. The van der Waals surface area contributed by atoms with Gasteiger partial charge in [0.15, 0.2) is 0 Å². The summed E-state index contributed by atoms with van der Waals surface area (Å²) in [6.45, 7) is 1.65. The molecule has 0 aliphatic carbocycles. The molecule has 98 valence electrons. The second-order valence-electron chi connectivity index (χ2n) is 4.48. The third-order valence-corrected chi connectivity index (χ3v) is 4.05. The van der Waals surface area contributed by atoms with Crippen molar-refractivity contribution in [3.05, 3.63) is 33.3 Å². The number of carbonyl (C=O) groups excluding carboxylic acids is 1. The van der Waals surface area contributed by atoms with Gasteiger partial charge in [-0.3, -0.25) is 4.79 Å². The van der Waals surface area contributed by atoms with Crippen molar-refractivity contribution in [2.24, 2.45) is 0 Å². The van der Waals surface area contributed by atoms with Crippen LogP contribution in [0.4, 0.5) is 0 Å². The highest BCUT2D eigenvalue weighted by molar-refractivity contribution is 9.10. The average molecular weight is 332 g/mol. The first-order valence-electron chi connectivity index (χ1n) is 6.04. The summed E-state index contributed by atoms with van der Waals surface area (Å²) in [5, 5.41) is 3.64. The Morgan fingerprint density at radius 3 is 3.06 bits per heavy atom. The van der Waals surface area contributed by atoms with Gasteiger partial charge in [0.05, 0.1) is 10.6 Å². The fraction of sp³-hybridized carbons (Fsp3) is 0.462. The number of rotatable bonds is 3. The molecule has 1 aromatic carbocycles. The van der Waals surface area contributed by atoms with E-state index in [0.717, 1.165) is 30.4 Å². The predicted molar refractivity (Wildman–Crippen MR) is 77.1 cm³/mol. The number of amides is 1. The number of likely N-dealkylation sites (N-methyl/N-ethyl adjacent to an activating group) is 1. The fourth-order valence-electron chi connectivity index (χ4n) is 2.37. The maximum Gasteiger partial charge on any atom is 0.255 e. The molecule has 1 saturated heterocycles. The van der Waals surface area contributed by atoms with Crippen LogP contribution >= 0.6 is 27.5 Å². The summed E-state index contributed by atoms with van der Waals surface area (Å²) in [6, 6.07) is 5.67. The van der Waals surface area contributed by atoms with Crippen LogP contribution in [0.3, 0.4) is 0 Å². The lowest BCUT2D eigenvalue weighted by Gasteiger charge is -2.25. The summed E-state index contributed by atoms with van der Waals surface area (Å²) in [5.74, 6) is 0.0326. The fourth-order valence-corrected chi connectivity index (χ4v) is 3.12. The highest BCUT2D eigenvalue weighted by atomic mass is 79.9. The van der Waals surface area contributed by atoms with Crippen molar-refractivity contribution in [1.82, 2.24) is 10.2 Å². The molecule has 1 fully saturated rings. The lowest BCUT2D eigenvalue weighted by Crippen LogP contribution is -2.40. The molecule has 1 amide bonds. The largest absolute Gasteiger partial charge is 0.334 e. The van der Waals surface area contributed by atoms with E-state index in [4.69, 9.17) is 11.6 Å². The van der Waals surface area contributed by atoms with Crippen LogP contribution in [0, 0.1) is 0 Å². The van der Waals surface area contributed by atoms with E-state index in [1.54, 1.807) is 12.1 Å². The molecule has 2 rings (SSSR count). The van der Waals surface area contributed by atoms with Crippen molar-refractivity contribution < 1.29 is 4.79 Å². The van der Waals surface area contributed by atoms with Crippen LogP contribution < -0.4 is 5.32 Å². The minimum absolute atomic E-state index is 0.0326. The molecule has 1 N–H and O–H groups in total. The van der Waals surface area contributed by atoms with Crippen LogP contribution in [0.15, 0.2) is 22.7 Å². The van der Waals surface area contributed by atoms with Crippen LogP contribution in [0.5, 0.6) is 0 Å². The predicted octanol–water partition coefficient (Wildman–Crippen LogP) is 2.93. The zero-order valence-corrected chi connectivity index (χ0v) is 12.6. The average Bonchev–Trinajstić information content (AvgIpc) is 2.77. The molecule has 1 aromatic rings. The minimum Gasteiger partial charge on any atom is -0.334 e. The van der Waals surface area contributed by atoms with Crippen LogP contribution in [-0.2, 0) is 0 Å². The van der Waals surface area contributed by atoms with Gasteiger partial charge in [0.1, 0.15) is 0 Å². The van der Waals surface area contributed by atoms with Gasteiger partial charge < -0.3 is 10.2 Å². The number of nitrogens with one attached hydrogen (secondary N) is 1. The lowest BCUT2D eigenvalue weighted by molar-refractivity contribution is 0.0737. The number of likely N-dealkylation sites (tertiary alicyclic amines) is 1. The smallest absolute Gasteiger partial charge is 0.255 e. The molecule has 0 saturated carbocycles. The van der Waals surface area contributed by atoms with Gasteiger partial charge in [-0.2, -0.15) is 0 Å². The molecular formula is C13H16BrClN2O. The SMILES string of the molecule is CNCC1CCCN1C(=O)c1ccc(Br)cc1Cl. The zero-order chi connectivity index (χ0) is 13.1. The topological polar surface area (TPSA) is 32.3 Å². The first-order chi connectivity index (χ1) is 8.63. The van der Waals surface area contributed by atoms with Gasteiger partial charge in [-0.1, -0.05) is 27.5 Å². The molecule has 0 bridgehead atoms. The van der Waals surface area contributed by atoms with Gasteiger partial charge >= 0.3 is 0 Å². The first kappa shape index (κ1) is 13.8. The summed E-state index contributed by atoms with van der Waals surface area (Å²) in [6.07, 6.45) is 2.12. The Kier molecular flexibility index (Phi) is 4.65. The summed E-state index contributed by atoms with van der Waals surface area (Å²) in [5.41, 5.74) is 0.586. The van der Waals surface area contributed by atoms with Crippen LogP contribution in [0.1, 0.15) is 23.2 Å². The van der Waals surface area contributed by atoms with E-state index in [2.05, 4.69) is 21.2 Å². The second-order valence-corrected chi connectivity index (χ2v) is 5.80. The minimum atomic E-state index is 0.0326. The monoisotopic (exact) mass is 330 g/mol. The number of halogens is 2. The third-order valence-electron chi connectivity index (χ3n) is 3.24. The van der Waals surface area contributed by atoms with Crippen molar-refractivity contribution in [2.45, 2.75) is 18.9 Å². The van der Waals surface area contributed by atoms with Crippen LogP contribution in [0.2, 0.25) is 5.02 Å². The summed E-state index contributed by atoms with van der Waals surface area (Å²) < 4.78 is 0.886. The zero-order valence-electron chi connectivity index (χ0n) is 10.2. The van der Waals surface area contributed by atoms with E-state index in [9.17, 15) is 4.79 Å². The molecular weight excluding hydrogens is 316 g/mol. The van der Waals surface area contributed by atoms with Gasteiger partial charge in [0.25, 0.3) is 5.91 Å². The Balaban J connectivity index is 2.20. The highest BCUT2D eigenvalue weighted by Gasteiger charge is 2.29. The first-order valence-corrected chi connectivity index (χ1v) is 7.21. The number of hydrogen-bond acceptors (Lipinski definition) is 2. The lowest BCUT2D eigenvalue weighted by atomic mass is 10.1. The molecule has 0 aromatic heterocycles. The van der Waals surface area contributed by atoms with E-state index < -0.39 is 0 Å². The maximum atomic E-state index is 12.5. The Hall–Kier alpha value is -0.580. The molecule has 1 atom stereocenters. The van der Waals surface area contributed by atoms with Crippen molar-refractivity contribution in [1.29, 1.82) is 0 Å². The molecule has 5 heteroatoms. The highest BCUT2D eigenvalue weighted by Crippen LogP contribution is 2.26. The quantitative estimate of drug-likeness (QED) is 0.923. The number of carbonyl (C=O) groups is 1. The Morgan fingerprint density at radius 2 is 2.39 bits per heavy atom. The van der Waals surface area contributed by atoms with Crippen molar-refractivity contribution in [2.75, 3.05) is 20.1 Å². The summed E-state index contributed by atoms with van der Waals surface area (Å²) >= 11 is 9.48. The van der Waals surface area contributed by atoms with E-state index in [1.165, 1.54) is 0 Å². The number of benzene rings is 1. The van der Waals surface area contributed by atoms with E-state index >= 15 is 0 Å². The Bertz CT molecular complexity index is 453. The summed E-state index contributed by atoms with van der Waals surface area (Å²) in [7, 11) is 1.91. The maximum absolute atomic E-state index is 12.5. The van der Waals surface area contributed by atoms with Crippen LogP contribution in [0.25, 0.3) is 0 Å². The molecule has 1 aliphatic heterocycles. The van der Waals surface area contributed by atoms with Crippen LogP contribution in [-0.4, -0.2) is 37.0 Å². The van der Waals surface area contributed by atoms with Gasteiger partial charge in [-0.15, -0.1) is 0 Å². The Morgan fingerprint density at radius 1 is 1.61 bits per heavy atom. The van der Waals surface area contributed by atoms with Crippen molar-refractivity contribution >= 4 is 33.4 Å². The molecule has 3 nitrogen and oxygen atoms in total. The molecule has 0 radical (unpaired) electrons. The van der Waals surface area contributed by atoms with Gasteiger partial charge in [0, 0.05) is 23.6 Å². The van der Waals surface area contributed by atoms with E-state index in [-0.39, 0.29) is 11.9 Å². The summed E-state index contributed by atoms with van der Waals surface area (Å²) in [4.78, 5) is 14.4. The van der Waals surface area contributed by atoms with Crippen molar-refractivity contribution in [3.63, 3.8) is 0 Å². The van der Waals surface area contributed by atoms with Gasteiger partial charge in [-0.05, 0) is 38.1 Å². The normalized spacial score (nSPS) is 19.3. The van der Waals surface area contributed by atoms with E-state index in [0.29, 0.717) is 10.6 Å². The number of nitrogens with zero attached hydrogens (tertiary/aromatic N) is 1. The van der Waals surface area contributed by atoms with E-state index in [1.807, 2.05) is 18.0 Å². The molecule has 0 spiro atoms. The molecule has 1 heterocycles. The standard InChI is InChI=1S/C13H16BrClN2O/c1-16-8-10-3-2-6-17(10)13(18)11-5-4-9(14)7-12(11)15/h4-5,7,10,16H,2-3,6,8H2,1H3. The number of hydrogen-bond donors (Lipinski definition) is 1.